The van der Waals surface area contributed by atoms with Gasteiger partial charge in [-0.1, -0.05) is 19.3 Å². The topological polar surface area (TPSA) is 38.7 Å². The minimum absolute atomic E-state index is 0.569. The second kappa shape index (κ2) is 7.91. The number of hydrogen-bond acceptors (Lipinski definition) is 4. The summed E-state index contributed by atoms with van der Waals surface area (Å²) in [6.45, 7) is 10.4. The molecule has 2 aliphatic rings. The first-order valence-corrected chi connectivity index (χ1v) is 8.82. The molecule has 2 fully saturated rings. The highest BCUT2D eigenvalue weighted by atomic mass is 16.3. The van der Waals surface area contributed by atoms with E-state index in [0.29, 0.717) is 6.04 Å². The number of aliphatic hydroxyl groups is 1. The molecule has 2 atom stereocenters. The van der Waals surface area contributed by atoms with Gasteiger partial charge in [0.25, 0.3) is 0 Å². The van der Waals surface area contributed by atoms with Crippen molar-refractivity contribution in [1.82, 2.24) is 15.1 Å². The Morgan fingerprint density at radius 1 is 1.00 bits per heavy atom. The lowest BCUT2D eigenvalue weighted by atomic mass is 9.94. The van der Waals surface area contributed by atoms with Crippen LogP contribution in [0.15, 0.2) is 0 Å². The van der Waals surface area contributed by atoms with Crippen LogP contribution in [0.25, 0.3) is 0 Å². The van der Waals surface area contributed by atoms with Crippen molar-refractivity contribution in [2.45, 2.75) is 57.6 Å². The smallest absolute Gasteiger partial charge is 0.0718 e. The van der Waals surface area contributed by atoms with Crippen LogP contribution >= 0.6 is 0 Å². The van der Waals surface area contributed by atoms with Crippen molar-refractivity contribution in [3.8, 4) is 0 Å². The van der Waals surface area contributed by atoms with E-state index in [0.717, 1.165) is 38.6 Å². The molecule has 2 rings (SSSR count). The Balaban J connectivity index is 1.76. The Morgan fingerprint density at radius 3 is 2.24 bits per heavy atom. The Hall–Kier alpha value is -0.160. The van der Waals surface area contributed by atoms with Crippen LogP contribution in [-0.4, -0.2) is 72.9 Å². The first kappa shape index (κ1) is 17.2. The summed E-state index contributed by atoms with van der Waals surface area (Å²) in [5, 5.41) is 13.5. The third-order valence-corrected chi connectivity index (χ3v) is 5.10. The molecular weight excluding hydrogens is 262 g/mol. The van der Waals surface area contributed by atoms with E-state index in [1.807, 2.05) is 13.8 Å². The van der Waals surface area contributed by atoms with Crippen LogP contribution in [0.2, 0.25) is 0 Å². The van der Waals surface area contributed by atoms with Crippen molar-refractivity contribution in [2.75, 3.05) is 46.3 Å². The maximum Gasteiger partial charge on any atom is 0.0718 e. The second-order valence-electron chi connectivity index (χ2n) is 7.68. The van der Waals surface area contributed by atoms with Gasteiger partial charge in [-0.25, -0.2) is 0 Å². The Labute approximate surface area is 130 Å². The number of nitrogens with zero attached hydrogens (tertiary/aromatic N) is 2. The summed E-state index contributed by atoms with van der Waals surface area (Å²) in [5.74, 6) is 0.818. The van der Waals surface area contributed by atoms with Gasteiger partial charge < -0.3 is 15.3 Å². The number of nitrogens with one attached hydrogen (secondary N) is 1. The average Bonchev–Trinajstić information content (AvgIpc) is 2.64. The molecule has 1 saturated carbocycles. The number of β-amino-alcohol motifs (C(OH)–C–C–N with tert-alkyl or cyclic N) is 1. The average molecular weight is 297 g/mol. The van der Waals surface area contributed by atoms with E-state index in [1.165, 1.54) is 38.6 Å². The molecule has 0 aromatic heterocycles. The van der Waals surface area contributed by atoms with Crippen LogP contribution in [0, 0.1) is 5.92 Å². The molecule has 2 unspecified atom stereocenters. The SMILES string of the molecule is CNC1CCCCCC1CN1CCN(CC(C)(C)O)CC1. The van der Waals surface area contributed by atoms with E-state index in [4.69, 9.17) is 0 Å². The van der Waals surface area contributed by atoms with E-state index in [1.54, 1.807) is 0 Å². The minimum atomic E-state index is -0.569. The van der Waals surface area contributed by atoms with Gasteiger partial charge in [0.1, 0.15) is 0 Å². The number of piperazine rings is 1. The molecule has 124 valence electrons. The number of hydrogen-bond donors (Lipinski definition) is 2. The number of rotatable bonds is 5. The lowest BCUT2D eigenvalue weighted by Gasteiger charge is -2.39. The molecule has 0 spiro atoms. The molecule has 0 amide bonds. The van der Waals surface area contributed by atoms with E-state index in [-0.39, 0.29) is 0 Å². The fourth-order valence-electron chi connectivity index (χ4n) is 3.99. The van der Waals surface area contributed by atoms with Gasteiger partial charge in [0, 0.05) is 45.3 Å². The predicted octanol–water partition coefficient (Wildman–Crippen LogP) is 1.54. The lowest BCUT2D eigenvalue weighted by molar-refractivity contribution is 0.0147. The summed E-state index contributed by atoms with van der Waals surface area (Å²) >= 11 is 0. The quantitative estimate of drug-likeness (QED) is 0.755. The third kappa shape index (κ3) is 5.85. The van der Waals surface area contributed by atoms with Crippen LogP contribution in [-0.2, 0) is 0 Å². The summed E-state index contributed by atoms with van der Waals surface area (Å²) in [4.78, 5) is 5.04. The van der Waals surface area contributed by atoms with Gasteiger partial charge in [0.2, 0.25) is 0 Å². The van der Waals surface area contributed by atoms with Gasteiger partial charge >= 0.3 is 0 Å². The molecule has 21 heavy (non-hydrogen) atoms. The molecule has 0 aromatic carbocycles. The molecule has 2 N–H and O–H groups in total. The zero-order valence-corrected chi connectivity index (χ0v) is 14.3. The molecule has 4 nitrogen and oxygen atoms in total. The summed E-state index contributed by atoms with van der Waals surface area (Å²) in [6, 6.07) is 0.710. The highest BCUT2D eigenvalue weighted by Gasteiger charge is 2.27. The summed E-state index contributed by atoms with van der Waals surface area (Å²) in [5.41, 5.74) is -0.569. The molecule has 4 heteroatoms. The van der Waals surface area contributed by atoms with Crippen LogP contribution in [0.5, 0.6) is 0 Å². The zero-order chi connectivity index (χ0) is 15.3. The van der Waals surface area contributed by atoms with Crippen LogP contribution in [0.4, 0.5) is 0 Å². The lowest BCUT2D eigenvalue weighted by Crippen LogP contribution is -2.52. The van der Waals surface area contributed by atoms with Crippen molar-refractivity contribution >= 4 is 0 Å². The maximum absolute atomic E-state index is 9.93. The van der Waals surface area contributed by atoms with Crippen molar-refractivity contribution in [1.29, 1.82) is 0 Å². The largest absolute Gasteiger partial charge is 0.389 e. The third-order valence-electron chi connectivity index (χ3n) is 5.10. The molecule has 0 bridgehead atoms. The summed E-state index contributed by atoms with van der Waals surface area (Å²) in [6.07, 6.45) is 6.94. The molecular formula is C17H35N3O. The van der Waals surface area contributed by atoms with Gasteiger partial charge in [-0.2, -0.15) is 0 Å². The van der Waals surface area contributed by atoms with Crippen molar-refractivity contribution in [2.24, 2.45) is 5.92 Å². The van der Waals surface area contributed by atoms with Crippen LogP contribution < -0.4 is 5.32 Å². The van der Waals surface area contributed by atoms with Crippen molar-refractivity contribution in [3.05, 3.63) is 0 Å². The first-order valence-electron chi connectivity index (χ1n) is 8.82. The second-order valence-corrected chi connectivity index (χ2v) is 7.68. The fourth-order valence-corrected chi connectivity index (χ4v) is 3.99. The van der Waals surface area contributed by atoms with Gasteiger partial charge in [-0.3, -0.25) is 4.90 Å². The van der Waals surface area contributed by atoms with E-state index in [9.17, 15) is 5.11 Å². The van der Waals surface area contributed by atoms with E-state index >= 15 is 0 Å². The Bertz CT molecular complexity index is 295. The van der Waals surface area contributed by atoms with E-state index in [2.05, 4.69) is 22.2 Å². The summed E-state index contributed by atoms with van der Waals surface area (Å²) < 4.78 is 0. The highest BCUT2D eigenvalue weighted by molar-refractivity contribution is 4.84. The zero-order valence-electron chi connectivity index (χ0n) is 14.3. The van der Waals surface area contributed by atoms with Crippen molar-refractivity contribution < 1.29 is 5.11 Å². The minimum Gasteiger partial charge on any atom is -0.389 e. The van der Waals surface area contributed by atoms with Gasteiger partial charge in [-0.15, -0.1) is 0 Å². The standard InChI is InChI=1S/C17H35N3O/c1-17(2,21)14-20-11-9-19(10-12-20)13-15-7-5-4-6-8-16(15)18-3/h15-16,18,21H,4-14H2,1-3H3. The highest BCUT2D eigenvalue weighted by Crippen LogP contribution is 2.24. The van der Waals surface area contributed by atoms with E-state index < -0.39 is 5.60 Å². The molecule has 1 heterocycles. The maximum atomic E-state index is 9.93. The molecule has 1 aliphatic carbocycles. The van der Waals surface area contributed by atoms with Crippen LogP contribution in [0.1, 0.15) is 46.0 Å². The predicted molar refractivity (Wildman–Crippen MR) is 88.6 cm³/mol. The monoisotopic (exact) mass is 297 g/mol. The van der Waals surface area contributed by atoms with Gasteiger partial charge in [0.15, 0.2) is 0 Å². The Kier molecular flexibility index (Phi) is 6.48. The molecule has 1 saturated heterocycles. The van der Waals surface area contributed by atoms with Gasteiger partial charge in [-0.05, 0) is 39.7 Å². The fraction of sp³-hybridized carbons (Fsp3) is 1.00. The normalized spacial score (nSPS) is 30.3. The van der Waals surface area contributed by atoms with Crippen LogP contribution in [0.3, 0.4) is 0 Å². The molecule has 0 radical (unpaired) electrons. The summed E-state index contributed by atoms with van der Waals surface area (Å²) in [7, 11) is 2.13. The van der Waals surface area contributed by atoms with Gasteiger partial charge in [0.05, 0.1) is 5.60 Å². The first-order chi connectivity index (χ1) is 9.98. The molecule has 1 aliphatic heterocycles. The molecule has 0 aromatic rings. The van der Waals surface area contributed by atoms with Crippen molar-refractivity contribution in [3.63, 3.8) is 0 Å². The Morgan fingerprint density at radius 2 is 1.62 bits per heavy atom.